The van der Waals surface area contributed by atoms with Gasteiger partial charge in [0.1, 0.15) is 23.2 Å². The third-order valence-electron chi connectivity index (χ3n) is 2.57. The number of nitriles is 1. The monoisotopic (exact) mass is 304 g/mol. The topological polar surface area (TPSA) is 62.1 Å². The largest absolute Gasteiger partial charge is 0.482 e. The van der Waals surface area contributed by atoms with Crippen molar-refractivity contribution in [3.8, 4) is 11.8 Å². The number of carbonyl (C=O) groups excluding carboxylic acids is 1. The summed E-state index contributed by atoms with van der Waals surface area (Å²) < 4.78 is 18.5. The Balaban J connectivity index is 1.97. The second kappa shape index (κ2) is 6.73. The molecule has 2 aromatic carbocycles. The lowest BCUT2D eigenvalue weighted by atomic mass is 10.2. The lowest BCUT2D eigenvalue weighted by Crippen LogP contribution is -2.20. The normalized spacial score (nSPS) is 9.76. The standard InChI is InChI=1S/C15H10ClFN2O2/c16-10-4-6-11(7-5-10)19-15(20)9-21-14-3-1-2-13(17)12(14)8-18/h1-7H,9H2,(H,19,20). The number of benzene rings is 2. The van der Waals surface area contributed by atoms with E-state index in [1.54, 1.807) is 30.3 Å². The van der Waals surface area contributed by atoms with Crippen LogP contribution in [0.4, 0.5) is 10.1 Å². The number of amides is 1. The van der Waals surface area contributed by atoms with Crippen molar-refractivity contribution in [2.45, 2.75) is 0 Å². The quantitative estimate of drug-likeness (QED) is 0.942. The molecule has 2 rings (SSSR count). The molecule has 0 spiro atoms. The number of hydrogen-bond donors (Lipinski definition) is 1. The van der Waals surface area contributed by atoms with Gasteiger partial charge < -0.3 is 10.1 Å². The van der Waals surface area contributed by atoms with Crippen molar-refractivity contribution in [2.24, 2.45) is 0 Å². The van der Waals surface area contributed by atoms with Crippen molar-refractivity contribution in [1.82, 2.24) is 0 Å². The fourth-order valence-electron chi connectivity index (χ4n) is 1.61. The van der Waals surface area contributed by atoms with E-state index in [2.05, 4.69) is 5.32 Å². The molecule has 0 aliphatic rings. The summed E-state index contributed by atoms with van der Waals surface area (Å²) in [5, 5.41) is 12.0. The summed E-state index contributed by atoms with van der Waals surface area (Å²) in [6.07, 6.45) is 0. The van der Waals surface area contributed by atoms with Gasteiger partial charge >= 0.3 is 0 Å². The predicted molar refractivity (Wildman–Crippen MR) is 76.7 cm³/mol. The molecule has 2 aromatic rings. The highest BCUT2D eigenvalue weighted by Gasteiger charge is 2.10. The maximum Gasteiger partial charge on any atom is 0.262 e. The highest BCUT2D eigenvalue weighted by molar-refractivity contribution is 6.30. The summed E-state index contributed by atoms with van der Waals surface area (Å²) in [4.78, 5) is 11.7. The Morgan fingerprint density at radius 1 is 1.29 bits per heavy atom. The molecule has 0 bridgehead atoms. The van der Waals surface area contributed by atoms with E-state index < -0.39 is 11.7 Å². The Bertz CT molecular complexity index is 696. The molecule has 1 N–H and O–H groups in total. The van der Waals surface area contributed by atoms with Crippen LogP contribution < -0.4 is 10.1 Å². The summed E-state index contributed by atoms with van der Waals surface area (Å²) in [5.41, 5.74) is 0.338. The van der Waals surface area contributed by atoms with Crippen LogP contribution in [0.15, 0.2) is 42.5 Å². The Morgan fingerprint density at radius 2 is 2.00 bits per heavy atom. The Labute approximate surface area is 125 Å². The van der Waals surface area contributed by atoms with Gasteiger partial charge in [0.15, 0.2) is 6.61 Å². The second-order valence-electron chi connectivity index (χ2n) is 4.07. The van der Waals surface area contributed by atoms with Gasteiger partial charge in [-0.3, -0.25) is 4.79 Å². The molecule has 0 aliphatic heterocycles. The lowest BCUT2D eigenvalue weighted by Gasteiger charge is -2.09. The number of anilines is 1. The van der Waals surface area contributed by atoms with Crippen LogP contribution in [0.3, 0.4) is 0 Å². The van der Waals surface area contributed by atoms with E-state index in [0.717, 1.165) is 6.07 Å². The van der Waals surface area contributed by atoms with Crippen molar-refractivity contribution < 1.29 is 13.9 Å². The van der Waals surface area contributed by atoms with Crippen LogP contribution in [-0.2, 0) is 4.79 Å². The molecule has 0 heterocycles. The molecule has 0 atom stereocenters. The molecule has 106 valence electrons. The molecule has 0 saturated carbocycles. The first-order valence-electron chi connectivity index (χ1n) is 5.97. The third kappa shape index (κ3) is 3.94. The van der Waals surface area contributed by atoms with Gasteiger partial charge in [-0.25, -0.2) is 4.39 Å². The molecule has 4 nitrogen and oxygen atoms in total. The first-order chi connectivity index (χ1) is 10.1. The van der Waals surface area contributed by atoms with Crippen molar-refractivity contribution >= 4 is 23.2 Å². The van der Waals surface area contributed by atoms with E-state index >= 15 is 0 Å². The summed E-state index contributed by atoms with van der Waals surface area (Å²) in [7, 11) is 0. The van der Waals surface area contributed by atoms with Crippen molar-refractivity contribution in [3.05, 3.63) is 58.9 Å². The highest BCUT2D eigenvalue weighted by atomic mass is 35.5. The Kier molecular flexibility index (Phi) is 4.75. The molecule has 6 heteroatoms. The predicted octanol–water partition coefficient (Wildman–Crippen LogP) is 3.37. The van der Waals surface area contributed by atoms with E-state index in [4.69, 9.17) is 21.6 Å². The zero-order chi connectivity index (χ0) is 15.2. The van der Waals surface area contributed by atoms with Crippen LogP contribution in [-0.4, -0.2) is 12.5 Å². The molecule has 0 unspecified atom stereocenters. The minimum atomic E-state index is -0.687. The highest BCUT2D eigenvalue weighted by Crippen LogP contribution is 2.20. The van der Waals surface area contributed by atoms with Crippen molar-refractivity contribution in [2.75, 3.05) is 11.9 Å². The van der Waals surface area contributed by atoms with Gasteiger partial charge in [-0.15, -0.1) is 0 Å². The van der Waals surface area contributed by atoms with E-state index in [1.165, 1.54) is 12.1 Å². The van der Waals surface area contributed by atoms with Gasteiger partial charge in [0, 0.05) is 10.7 Å². The van der Waals surface area contributed by atoms with Crippen LogP contribution in [0, 0.1) is 17.1 Å². The number of nitrogens with one attached hydrogen (secondary N) is 1. The number of hydrogen-bond acceptors (Lipinski definition) is 3. The zero-order valence-corrected chi connectivity index (χ0v) is 11.5. The van der Waals surface area contributed by atoms with Gasteiger partial charge in [-0.05, 0) is 36.4 Å². The maximum atomic E-state index is 13.3. The van der Waals surface area contributed by atoms with E-state index in [0.29, 0.717) is 10.7 Å². The molecule has 1 amide bonds. The number of ether oxygens (including phenoxy) is 1. The maximum absolute atomic E-state index is 13.3. The minimum Gasteiger partial charge on any atom is -0.482 e. The minimum absolute atomic E-state index is 0.0313. The van der Waals surface area contributed by atoms with E-state index in [-0.39, 0.29) is 17.9 Å². The first-order valence-corrected chi connectivity index (χ1v) is 6.35. The van der Waals surface area contributed by atoms with Crippen molar-refractivity contribution in [3.63, 3.8) is 0 Å². The average molecular weight is 305 g/mol. The smallest absolute Gasteiger partial charge is 0.262 e. The fraction of sp³-hybridized carbons (Fsp3) is 0.0667. The lowest BCUT2D eigenvalue weighted by molar-refractivity contribution is -0.118. The summed E-state index contributed by atoms with van der Waals surface area (Å²) in [6.45, 7) is -0.333. The van der Waals surface area contributed by atoms with Gasteiger partial charge in [0.2, 0.25) is 0 Å². The molecule has 0 fully saturated rings. The molecule has 0 radical (unpaired) electrons. The number of halogens is 2. The molecule has 0 saturated heterocycles. The molecular weight excluding hydrogens is 295 g/mol. The van der Waals surface area contributed by atoms with Gasteiger partial charge in [-0.1, -0.05) is 17.7 Å². The third-order valence-corrected chi connectivity index (χ3v) is 2.83. The number of rotatable bonds is 4. The van der Waals surface area contributed by atoms with Gasteiger partial charge in [-0.2, -0.15) is 5.26 Å². The number of carbonyl (C=O) groups is 1. The van der Waals surface area contributed by atoms with Crippen LogP contribution in [0.1, 0.15) is 5.56 Å². The molecule has 21 heavy (non-hydrogen) atoms. The average Bonchev–Trinajstić information content (AvgIpc) is 2.47. The van der Waals surface area contributed by atoms with Crippen LogP contribution >= 0.6 is 11.6 Å². The SMILES string of the molecule is N#Cc1c(F)cccc1OCC(=O)Nc1ccc(Cl)cc1. The fourth-order valence-corrected chi connectivity index (χ4v) is 1.73. The Hall–Kier alpha value is -2.58. The summed E-state index contributed by atoms with van der Waals surface area (Å²) in [5.74, 6) is -1.08. The van der Waals surface area contributed by atoms with Gasteiger partial charge in [0.05, 0.1) is 0 Å². The summed E-state index contributed by atoms with van der Waals surface area (Å²) in [6, 6.07) is 12.2. The molecular formula is C15H10ClFN2O2. The van der Waals surface area contributed by atoms with Crippen LogP contribution in [0.25, 0.3) is 0 Å². The zero-order valence-electron chi connectivity index (χ0n) is 10.8. The first kappa shape index (κ1) is 14.8. The summed E-state index contributed by atoms with van der Waals surface area (Å²) >= 11 is 5.73. The Morgan fingerprint density at radius 3 is 2.67 bits per heavy atom. The van der Waals surface area contributed by atoms with Crippen LogP contribution in [0.2, 0.25) is 5.02 Å². The number of nitrogens with zero attached hydrogens (tertiary/aromatic N) is 1. The second-order valence-corrected chi connectivity index (χ2v) is 4.50. The molecule has 0 aromatic heterocycles. The van der Waals surface area contributed by atoms with Crippen LogP contribution in [0.5, 0.6) is 5.75 Å². The van der Waals surface area contributed by atoms with Crippen molar-refractivity contribution in [1.29, 1.82) is 5.26 Å². The van der Waals surface area contributed by atoms with E-state index in [9.17, 15) is 9.18 Å². The van der Waals surface area contributed by atoms with Gasteiger partial charge in [0.25, 0.3) is 5.91 Å². The molecule has 0 aliphatic carbocycles. The van der Waals surface area contributed by atoms with E-state index in [1.807, 2.05) is 0 Å².